The summed E-state index contributed by atoms with van der Waals surface area (Å²) >= 11 is 0. The first-order chi connectivity index (χ1) is 30.7. The molecule has 10 atom stereocenters. The van der Waals surface area contributed by atoms with Gasteiger partial charge in [0.2, 0.25) is 5.43 Å². The molecule has 2 aromatic carbocycles. The van der Waals surface area contributed by atoms with Crippen LogP contribution in [-0.2, 0) is 23.8 Å². The SMILES string of the molecule is CO[C@H]1/C=C/O[C@@]2(C)Oc3c(C)c(O)c4c(=O)c(c5oc6cc(N7CC[C@@H](N)C7)cc(O)c6nc-5c4c3/C2=N/O)NC(=O)/C(C)=C\C=C\[C@H](C)[C@H](O)[C@@H](C)[C@@H](O)[C@@H](C)[C@H](OC(C)=O)[C@@H]1C. The molecule has 5 aliphatic rings. The number of hydrogen-bond donors (Lipinski definition) is 7. The molecule has 4 bridgehead atoms. The Morgan fingerprint density at radius 1 is 1.05 bits per heavy atom. The third-order valence-corrected chi connectivity index (χ3v) is 13.1. The minimum Gasteiger partial charge on any atom is -0.507 e. The predicted octanol–water partition coefficient (Wildman–Crippen LogP) is 5.19. The number of rotatable bonds is 3. The number of carbonyl (C=O) groups excluding carboxylic acids is 2. The quantitative estimate of drug-likeness (QED) is 0.0459. The number of carbonyl (C=O) groups is 2. The van der Waals surface area contributed by atoms with Crippen molar-refractivity contribution in [2.24, 2.45) is 34.6 Å². The number of benzene rings is 3. The van der Waals surface area contributed by atoms with Crippen LogP contribution in [0.25, 0.3) is 33.3 Å². The van der Waals surface area contributed by atoms with Crippen LogP contribution in [0.15, 0.2) is 62.6 Å². The van der Waals surface area contributed by atoms with Crippen molar-refractivity contribution in [1.29, 1.82) is 0 Å². The zero-order chi connectivity index (χ0) is 47.4. The Kier molecular flexibility index (Phi) is 12.9. The number of aromatic nitrogens is 1. The van der Waals surface area contributed by atoms with Gasteiger partial charge in [-0.15, -0.1) is 0 Å². The lowest BCUT2D eigenvalue weighted by molar-refractivity contribution is -0.160. The summed E-state index contributed by atoms with van der Waals surface area (Å²) in [4.78, 5) is 48.1. The number of amides is 1. The Labute approximate surface area is 374 Å². The Morgan fingerprint density at radius 3 is 2.42 bits per heavy atom. The van der Waals surface area contributed by atoms with Gasteiger partial charge in [0.1, 0.15) is 40.3 Å². The van der Waals surface area contributed by atoms with Crippen LogP contribution in [-0.4, -0.2) is 105 Å². The number of oxime groups is 1. The summed E-state index contributed by atoms with van der Waals surface area (Å²) in [5.41, 5.74) is 5.41. The van der Waals surface area contributed by atoms with Gasteiger partial charge < -0.3 is 64.9 Å². The second kappa shape index (κ2) is 18.0. The number of phenolic OH excluding ortho intramolecular Hbond substituents is 2. The number of anilines is 2. The van der Waals surface area contributed by atoms with Crippen LogP contribution >= 0.6 is 0 Å². The summed E-state index contributed by atoms with van der Waals surface area (Å²) in [7, 11) is 1.44. The predicted molar refractivity (Wildman–Crippen MR) is 241 cm³/mol. The van der Waals surface area contributed by atoms with Crippen molar-refractivity contribution in [2.45, 2.75) is 98.1 Å². The smallest absolute Gasteiger partial charge is 0.302 e. The van der Waals surface area contributed by atoms with Crippen LogP contribution in [0, 0.1) is 30.6 Å². The highest BCUT2D eigenvalue weighted by atomic mass is 16.7. The van der Waals surface area contributed by atoms with E-state index in [1.807, 2.05) is 4.90 Å². The first-order valence-electron chi connectivity index (χ1n) is 21.5. The lowest BCUT2D eigenvalue weighted by Gasteiger charge is -2.38. The number of aromatic hydroxyl groups is 2. The molecule has 348 valence electrons. The second-order valence-electron chi connectivity index (χ2n) is 17.7. The number of phenols is 2. The van der Waals surface area contributed by atoms with Gasteiger partial charge in [-0.2, -0.15) is 0 Å². The van der Waals surface area contributed by atoms with Crippen LogP contribution in [0.5, 0.6) is 17.2 Å². The van der Waals surface area contributed by atoms with Crippen LogP contribution < -0.4 is 26.1 Å². The minimum absolute atomic E-state index is 0.00776. The van der Waals surface area contributed by atoms with Crippen molar-refractivity contribution < 1.29 is 58.6 Å². The first kappa shape index (κ1) is 46.8. The van der Waals surface area contributed by atoms with Gasteiger partial charge in [-0.05, 0) is 26.3 Å². The van der Waals surface area contributed by atoms with E-state index in [-0.39, 0.29) is 79.0 Å². The highest BCUT2D eigenvalue weighted by Gasteiger charge is 2.49. The summed E-state index contributed by atoms with van der Waals surface area (Å²) in [5, 5.41) is 63.0. The molecule has 1 fully saturated rings. The fourth-order valence-electron chi connectivity index (χ4n) is 9.23. The molecule has 18 heteroatoms. The maximum Gasteiger partial charge on any atom is 0.302 e. The number of fused-ring (bicyclic) bond motifs is 2. The van der Waals surface area contributed by atoms with E-state index in [1.165, 1.54) is 59.3 Å². The fourth-order valence-corrected chi connectivity index (χ4v) is 9.23. The number of methoxy groups -OCH3 is 1. The van der Waals surface area contributed by atoms with Crippen molar-refractivity contribution in [3.05, 3.63) is 69.6 Å². The molecule has 0 spiro atoms. The normalized spacial score (nSPS) is 31.5. The monoisotopic (exact) mass is 899 g/mol. The molecule has 65 heavy (non-hydrogen) atoms. The molecule has 4 aliphatic heterocycles. The molecule has 1 saturated heterocycles. The topological polar surface area (TPSA) is 269 Å². The summed E-state index contributed by atoms with van der Waals surface area (Å²) in [6.07, 6.45) is 4.25. The van der Waals surface area contributed by atoms with E-state index in [2.05, 4.69) is 10.5 Å². The largest absolute Gasteiger partial charge is 0.507 e. The summed E-state index contributed by atoms with van der Waals surface area (Å²) in [6, 6.07) is 3.08. The van der Waals surface area contributed by atoms with Gasteiger partial charge in [0.05, 0.1) is 35.5 Å². The van der Waals surface area contributed by atoms with Crippen molar-refractivity contribution in [2.75, 3.05) is 30.4 Å². The molecular weight excluding hydrogens is 843 g/mol. The van der Waals surface area contributed by atoms with Crippen molar-refractivity contribution >= 4 is 50.8 Å². The van der Waals surface area contributed by atoms with Gasteiger partial charge in [-0.3, -0.25) is 14.4 Å². The molecule has 8 N–H and O–H groups in total. The van der Waals surface area contributed by atoms with E-state index in [1.54, 1.807) is 45.9 Å². The van der Waals surface area contributed by atoms with Crippen molar-refractivity contribution in [3.8, 4) is 28.7 Å². The van der Waals surface area contributed by atoms with E-state index in [0.717, 1.165) is 6.42 Å². The maximum atomic E-state index is 14.9. The molecule has 0 saturated carbocycles. The Hall–Kier alpha value is -6.21. The molecule has 4 heterocycles. The van der Waals surface area contributed by atoms with Crippen molar-refractivity contribution in [3.63, 3.8) is 0 Å². The molecule has 0 radical (unpaired) electrons. The van der Waals surface area contributed by atoms with Crippen LogP contribution in [0.4, 0.5) is 11.4 Å². The van der Waals surface area contributed by atoms with E-state index >= 15 is 0 Å². The molecule has 0 unspecified atom stereocenters. The van der Waals surface area contributed by atoms with Crippen molar-refractivity contribution in [1.82, 2.24) is 4.98 Å². The number of ether oxygens (including phenoxy) is 4. The molecule has 2 aromatic rings. The molecule has 7 rings (SSSR count). The summed E-state index contributed by atoms with van der Waals surface area (Å²) < 4.78 is 30.6. The lowest BCUT2D eigenvalue weighted by atomic mass is 9.78. The number of nitrogens with two attached hydrogens (primary N) is 1. The number of aliphatic hydroxyl groups is 2. The average molecular weight is 900 g/mol. The Morgan fingerprint density at radius 2 is 1.77 bits per heavy atom. The van der Waals surface area contributed by atoms with Crippen LogP contribution in [0.1, 0.15) is 66.0 Å². The Balaban J connectivity index is 1.47. The summed E-state index contributed by atoms with van der Waals surface area (Å²) in [6.45, 7) is 13.7. The lowest BCUT2D eigenvalue weighted by Crippen LogP contribution is -2.46. The highest BCUT2D eigenvalue weighted by molar-refractivity contribution is 6.24. The fraction of sp³-hybridized carbons (Fsp3) is 0.468. The molecule has 1 aliphatic carbocycles. The standard InChI is InChI=1S/C47H57N5O13/c1-20-11-10-12-21(2)46(59)50-37-41(58)33-32(36-44(37)64-31-18-28(17-29(54)35(31)49-36)52-15-13-27(48)19-52)34-43(25(6)40(33)57)65-47(8,45(34)51-60)62-16-14-30(61-9)22(3)42(63-26(7)53)24(5)39(56)23(4)38(20)55/h10-12,14,16-18,20,22-24,27,30,38-39,42,54-57,60H,13,15,19,48H2,1-9H3,(H,50,59)/b11-10+,16-14+,21-12-,51-45-/t20-,22+,23+,24+,27+,30-,38-,39+,42+,47-/m0/s1. The number of hydrogen-bond acceptors (Lipinski definition) is 17. The molecule has 18 nitrogen and oxygen atoms in total. The van der Waals surface area contributed by atoms with Gasteiger partial charge >= 0.3 is 5.97 Å². The van der Waals surface area contributed by atoms with Crippen LogP contribution in [0.2, 0.25) is 0 Å². The average Bonchev–Trinajstić information content (AvgIpc) is 3.84. The molecule has 1 amide bonds. The number of esters is 1. The van der Waals surface area contributed by atoms with Gasteiger partial charge in [0, 0.05) is 98.1 Å². The number of allylic oxidation sites excluding steroid dienone is 2. The zero-order valence-electron chi connectivity index (χ0n) is 37.8. The zero-order valence-corrected chi connectivity index (χ0v) is 37.8. The molecule has 0 aromatic heterocycles. The summed E-state index contributed by atoms with van der Waals surface area (Å²) in [5.74, 6) is -6.88. The van der Waals surface area contributed by atoms with E-state index in [0.29, 0.717) is 18.8 Å². The van der Waals surface area contributed by atoms with Crippen LogP contribution in [0.3, 0.4) is 0 Å². The van der Waals surface area contributed by atoms with E-state index in [9.17, 15) is 40.0 Å². The van der Waals surface area contributed by atoms with Gasteiger partial charge in [0.25, 0.3) is 11.7 Å². The molecular formula is C47H57N5O13. The number of nitrogens with zero attached hydrogens (tertiary/aromatic N) is 3. The van der Waals surface area contributed by atoms with E-state index < -0.39 is 76.9 Å². The third kappa shape index (κ3) is 8.35. The number of aliphatic hydroxyl groups excluding tert-OH is 2. The van der Waals surface area contributed by atoms with Gasteiger partial charge in [0.15, 0.2) is 17.1 Å². The third-order valence-electron chi connectivity index (χ3n) is 13.1. The first-order valence-corrected chi connectivity index (χ1v) is 21.5. The van der Waals surface area contributed by atoms with Gasteiger partial charge in [-0.1, -0.05) is 51.1 Å². The Bertz CT molecular complexity index is 2690. The van der Waals surface area contributed by atoms with E-state index in [4.69, 9.17) is 34.1 Å². The van der Waals surface area contributed by atoms with Gasteiger partial charge in [-0.25, -0.2) is 4.98 Å². The number of nitrogens with one attached hydrogen (secondary N) is 1. The highest BCUT2D eigenvalue weighted by Crippen LogP contribution is 2.51. The second-order valence-corrected chi connectivity index (χ2v) is 17.7. The maximum absolute atomic E-state index is 14.9. The minimum atomic E-state index is -1.94.